The lowest BCUT2D eigenvalue weighted by Gasteiger charge is -1.96. The summed E-state index contributed by atoms with van der Waals surface area (Å²) in [6, 6.07) is 0. The number of aromatic amines is 1. The lowest BCUT2D eigenvalue weighted by atomic mass is 10.3. The largest absolute Gasteiger partial charge is 0.461 e. The van der Waals surface area contributed by atoms with Gasteiger partial charge in [0.25, 0.3) is 0 Å². The molecule has 0 aliphatic rings. The summed E-state index contributed by atoms with van der Waals surface area (Å²) in [5, 5.41) is 5.89. The Morgan fingerprint density at radius 3 is 3.00 bits per heavy atom. The molecule has 70 valence electrons. The molecule has 5 nitrogen and oxygen atoms in total. The third-order valence-electron chi connectivity index (χ3n) is 1.34. The summed E-state index contributed by atoms with van der Waals surface area (Å²) in [7, 11) is 0. The Hall–Kier alpha value is -1.36. The zero-order valence-corrected chi connectivity index (χ0v) is 7.59. The highest BCUT2D eigenvalue weighted by Gasteiger charge is 2.18. The number of esters is 1. The van der Waals surface area contributed by atoms with E-state index in [-0.39, 0.29) is 23.0 Å². The van der Waals surface area contributed by atoms with E-state index in [9.17, 15) is 9.59 Å². The van der Waals surface area contributed by atoms with Crippen LogP contribution in [-0.2, 0) is 4.74 Å². The van der Waals surface area contributed by atoms with Crippen LogP contribution >= 0.6 is 11.6 Å². The van der Waals surface area contributed by atoms with Crippen molar-refractivity contribution in [1.29, 1.82) is 0 Å². The molecule has 1 aromatic rings. The lowest BCUT2D eigenvalue weighted by Crippen LogP contribution is -2.07. The number of rotatable bonds is 3. The molecule has 0 aliphatic heterocycles. The number of carbonyl (C=O) groups is 2. The highest BCUT2D eigenvalue weighted by Crippen LogP contribution is 2.14. The number of ether oxygens (including phenoxy) is 1. The maximum Gasteiger partial charge on any atom is 0.359 e. The highest BCUT2D eigenvalue weighted by molar-refractivity contribution is 6.32. The van der Waals surface area contributed by atoms with Crippen LogP contribution in [-0.4, -0.2) is 29.1 Å². The number of halogens is 1. The summed E-state index contributed by atoms with van der Waals surface area (Å²) in [5.74, 6) is -0.659. The Kier molecular flexibility index (Phi) is 3.02. The van der Waals surface area contributed by atoms with E-state index in [1.54, 1.807) is 6.92 Å². The van der Waals surface area contributed by atoms with Gasteiger partial charge in [0, 0.05) is 0 Å². The van der Waals surface area contributed by atoms with Gasteiger partial charge in [-0.1, -0.05) is 11.6 Å². The average molecular weight is 203 g/mol. The van der Waals surface area contributed by atoms with Gasteiger partial charge in [-0.05, 0) is 6.92 Å². The molecule has 0 atom stereocenters. The number of carbonyl (C=O) groups excluding carboxylic acids is 2. The normalized spacial score (nSPS) is 9.69. The number of hydrogen-bond donors (Lipinski definition) is 1. The van der Waals surface area contributed by atoms with Crippen molar-refractivity contribution in [3.8, 4) is 0 Å². The van der Waals surface area contributed by atoms with Crippen LogP contribution < -0.4 is 0 Å². The van der Waals surface area contributed by atoms with Crippen LogP contribution in [0.3, 0.4) is 0 Å². The number of hydrogen-bond acceptors (Lipinski definition) is 4. The summed E-state index contributed by atoms with van der Waals surface area (Å²) in [6.07, 6.45) is 0.456. The molecule has 0 aromatic carbocycles. The molecule has 13 heavy (non-hydrogen) atoms. The molecular formula is C7H7ClN2O3. The van der Waals surface area contributed by atoms with E-state index in [0.717, 1.165) is 0 Å². The zero-order valence-electron chi connectivity index (χ0n) is 6.83. The number of nitrogens with zero attached hydrogens (tertiary/aromatic N) is 1. The Labute approximate surface area is 79.0 Å². The minimum Gasteiger partial charge on any atom is -0.461 e. The predicted molar refractivity (Wildman–Crippen MR) is 44.9 cm³/mol. The molecule has 1 rings (SSSR count). The maximum absolute atomic E-state index is 11.1. The van der Waals surface area contributed by atoms with Gasteiger partial charge in [0.2, 0.25) is 0 Å². The van der Waals surface area contributed by atoms with Crippen LogP contribution in [0.15, 0.2) is 0 Å². The topological polar surface area (TPSA) is 72.0 Å². The molecule has 6 heteroatoms. The summed E-state index contributed by atoms with van der Waals surface area (Å²) < 4.78 is 4.64. The quantitative estimate of drug-likeness (QED) is 0.588. The van der Waals surface area contributed by atoms with Gasteiger partial charge >= 0.3 is 5.97 Å². The first-order chi connectivity index (χ1) is 6.20. The Bertz CT molecular complexity index is 334. The molecule has 0 unspecified atom stereocenters. The van der Waals surface area contributed by atoms with Gasteiger partial charge in [0.05, 0.1) is 12.2 Å². The predicted octanol–water partition coefficient (Wildman–Crippen LogP) is 1.05. The minimum absolute atomic E-state index is 0.0279. The molecule has 0 saturated carbocycles. The van der Waals surface area contributed by atoms with E-state index in [1.165, 1.54) is 0 Å². The third kappa shape index (κ3) is 1.86. The number of aldehydes is 1. The fraction of sp³-hybridized carbons (Fsp3) is 0.286. The van der Waals surface area contributed by atoms with Crippen molar-refractivity contribution in [2.75, 3.05) is 6.61 Å². The molecule has 1 heterocycles. The van der Waals surface area contributed by atoms with Crippen LogP contribution in [0.4, 0.5) is 0 Å². The van der Waals surface area contributed by atoms with E-state index in [0.29, 0.717) is 6.29 Å². The summed E-state index contributed by atoms with van der Waals surface area (Å²) in [6.45, 7) is 1.88. The van der Waals surface area contributed by atoms with Crippen LogP contribution in [0.25, 0.3) is 0 Å². The Morgan fingerprint density at radius 2 is 2.46 bits per heavy atom. The van der Waals surface area contributed by atoms with Gasteiger partial charge in [-0.15, -0.1) is 0 Å². The summed E-state index contributed by atoms with van der Waals surface area (Å²) in [4.78, 5) is 21.6. The van der Waals surface area contributed by atoms with Crippen LogP contribution in [0.5, 0.6) is 0 Å². The monoisotopic (exact) mass is 202 g/mol. The van der Waals surface area contributed by atoms with Crippen molar-refractivity contribution in [1.82, 2.24) is 10.2 Å². The van der Waals surface area contributed by atoms with Crippen molar-refractivity contribution < 1.29 is 14.3 Å². The van der Waals surface area contributed by atoms with E-state index >= 15 is 0 Å². The van der Waals surface area contributed by atoms with Crippen molar-refractivity contribution >= 4 is 23.9 Å². The first kappa shape index (κ1) is 9.73. The second-order valence-electron chi connectivity index (χ2n) is 2.14. The first-order valence-electron chi connectivity index (χ1n) is 3.56. The molecule has 0 saturated heterocycles. The van der Waals surface area contributed by atoms with Crippen LogP contribution in [0, 0.1) is 0 Å². The second-order valence-corrected chi connectivity index (χ2v) is 2.52. The van der Waals surface area contributed by atoms with Crippen LogP contribution in [0.2, 0.25) is 5.15 Å². The van der Waals surface area contributed by atoms with Gasteiger partial charge in [-0.25, -0.2) is 4.79 Å². The number of H-pyrrole nitrogens is 1. The molecule has 0 aliphatic carbocycles. The van der Waals surface area contributed by atoms with E-state index < -0.39 is 5.97 Å². The number of aromatic nitrogens is 2. The highest BCUT2D eigenvalue weighted by atomic mass is 35.5. The van der Waals surface area contributed by atoms with Crippen molar-refractivity contribution in [3.05, 3.63) is 16.4 Å². The fourth-order valence-electron chi connectivity index (χ4n) is 0.792. The van der Waals surface area contributed by atoms with E-state index in [2.05, 4.69) is 14.9 Å². The molecular weight excluding hydrogens is 196 g/mol. The maximum atomic E-state index is 11.1. The molecule has 1 aromatic heterocycles. The zero-order chi connectivity index (χ0) is 9.84. The third-order valence-corrected chi connectivity index (χ3v) is 1.63. The average Bonchev–Trinajstić information content (AvgIpc) is 2.47. The van der Waals surface area contributed by atoms with E-state index in [1.807, 2.05) is 0 Å². The van der Waals surface area contributed by atoms with Gasteiger partial charge in [0.15, 0.2) is 12.0 Å². The summed E-state index contributed by atoms with van der Waals surface area (Å²) >= 11 is 5.53. The molecule has 0 fully saturated rings. The van der Waals surface area contributed by atoms with Gasteiger partial charge in [-0.3, -0.25) is 9.89 Å². The van der Waals surface area contributed by atoms with Gasteiger partial charge < -0.3 is 4.74 Å². The molecule has 1 N–H and O–H groups in total. The van der Waals surface area contributed by atoms with Gasteiger partial charge in [0.1, 0.15) is 5.15 Å². The Balaban J connectivity index is 3.00. The van der Waals surface area contributed by atoms with Crippen molar-refractivity contribution in [2.45, 2.75) is 6.92 Å². The summed E-state index contributed by atoms with van der Waals surface area (Å²) in [5.41, 5.74) is -0.0537. The standard InChI is InChI=1S/C7H7ClN2O3/c1-2-13-7(12)5-4(3-11)6(8)10-9-5/h3H,2H2,1H3,(H,9,10). The van der Waals surface area contributed by atoms with Gasteiger partial charge in [-0.2, -0.15) is 5.10 Å². The van der Waals surface area contributed by atoms with E-state index in [4.69, 9.17) is 11.6 Å². The van der Waals surface area contributed by atoms with Crippen molar-refractivity contribution in [2.24, 2.45) is 0 Å². The second kappa shape index (κ2) is 4.04. The molecule has 0 bridgehead atoms. The first-order valence-corrected chi connectivity index (χ1v) is 3.94. The van der Waals surface area contributed by atoms with Crippen molar-refractivity contribution in [3.63, 3.8) is 0 Å². The lowest BCUT2D eigenvalue weighted by molar-refractivity contribution is 0.0517. The molecule has 0 spiro atoms. The smallest absolute Gasteiger partial charge is 0.359 e. The SMILES string of the molecule is CCOC(=O)c1n[nH]c(Cl)c1C=O. The molecule has 0 amide bonds. The molecule has 0 radical (unpaired) electrons. The van der Waals surface area contributed by atoms with Crippen LogP contribution in [0.1, 0.15) is 27.8 Å². The minimum atomic E-state index is -0.659. The number of nitrogens with one attached hydrogen (secondary N) is 1. The Morgan fingerprint density at radius 1 is 1.77 bits per heavy atom. The fourth-order valence-corrected chi connectivity index (χ4v) is 0.968.